The number of nitrogens with two attached hydrogens (primary N) is 1. The molecule has 1 saturated heterocycles. The zero-order chi connectivity index (χ0) is 14.0. The zero-order valence-electron chi connectivity index (χ0n) is 10.7. The molecule has 1 heterocycles. The molecule has 0 spiro atoms. The van der Waals surface area contributed by atoms with Crippen LogP contribution >= 0.6 is 15.9 Å². The van der Waals surface area contributed by atoms with E-state index >= 15 is 0 Å². The normalized spacial score (nSPS) is 17.8. The topological polar surface area (TPSA) is 75.8 Å². The SMILES string of the molecule is CN1CC(Oc2ccc(C(N)CC(=O)O)cc2Br)C1. The first kappa shape index (κ1) is 14.3. The Bertz CT molecular complexity index is 475. The molecule has 3 N–H and O–H groups in total. The van der Waals surface area contributed by atoms with E-state index in [0.29, 0.717) is 0 Å². The van der Waals surface area contributed by atoms with Crippen LogP contribution in [-0.4, -0.2) is 42.2 Å². The van der Waals surface area contributed by atoms with Crippen molar-refractivity contribution in [1.29, 1.82) is 0 Å². The minimum atomic E-state index is -0.901. The maximum Gasteiger partial charge on any atom is 0.305 e. The van der Waals surface area contributed by atoms with E-state index in [1.807, 2.05) is 25.2 Å². The van der Waals surface area contributed by atoms with Crippen LogP contribution < -0.4 is 10.5 Å². The van der Waals surface area contributed by atoms with Gasteiger partial charge in [-0.2, -0.15) is 0 Å². The molecule has 0 radical (unpaired) electrons. The number of hydrogen-bond donors (Lipinski definition) is 2. The fourth-order valence-electron chi connectivity index (χ4n) is 2.05. The highest BCUT2D eigenvalue weighted by molar-refractivity contribution is 9.10. The molecule has 1 aliphatic rings. The standard InChI is InChI=1S/C13H17BrN2O3/c1-16-6-9(7-16)19-12-3-2-8(4-10(12)14)11(15)5-13(17)18/h2-4,9,11H,5-7,15H2,1H3,(H,17,18). The lowest BCUT2D eigenvalue weighted by Gasteiger charge is -2.36. The minimum absolute atomic E-state index is 0.0833. The van der Waals surface area contributed by atoms with Crippen molar-refractivity contribution in [2.45, 2.75) is 18.6 Å². The van der Waals surface area contributed by atoms with Gasteiger partial charge in [0.15, 0.2) is 0 Å². The monoisotopic (exact) mass is 328 g/mol. The van der Waals surface area contributed by atoms with Crippen LogP contribution in [0, 0.1) is 0 Å². The van der Waals surface area contributed by atoms with Crippen molar-refractivity contribution in [1.82, 2.24) is 4.90 Å². The van der Waals surface area contributed by atoms with Gasteiger partial charge in [-0.1, -0.05) is 6.07 Å². The van der Waals surface area contributed by atoms with Gasteiger partial charge < -0.3 is 15.6 Å². The molecule has 1 aliphatic heterocycles. The summed E-state index contributed by atoms with van der Waals surface area (Å²) in [6, 6.07) is 4.97. The maximum atomic E-state index is 10.6. The Morgan fingerprint density at radius 3 is 2.84 bits per heavy atom. The number of ether oxygens (including phenoxy) is 1. The smallest absolute Gasteiger partial charge is 0.305 e. The zero-order valence-corrected chi connectivity index (χ0v) is 12.3. The number of carboxylic acid groups (broad SMARTS) is 1. The number of hydrogen-bond acceptors (Lipinski definition) is 4. The van der Waals surface area contributed by atoms with Gasteiger partial charge in [0.1, 0.15) is 11.9 Å². The molecule has 1 unspecified atom stereocenters. The van der Waals surface area contributed by atoms with Crippen LogP contribution in [-0.2, 0) is 4.79 Å². The van der Waals surface area contributed by atoms with Crippen molar-refractivity contribution < 1.29 is 14.6 Å². The van der Waals surface area contributed by atoms with Crippen LogP contribution in [0.2, 0.25) is 0 Å². The Hall–Kier alpha value is -1.11. The first-order valence-electron chi connectivity index (χ1n) is 6.07. The summed E-state index contributed by atoms with van der Waals surface area (Å²) in [6.07, 6.45) is 0.139. The Labute approximate surface area is 120 Å². The van der Waals surface area contributed by atoms with Gasteiger partial charge in [0, 0.05) is 19.1 Å². The van der Waals surface area contributed by atoms with E-state index in [1.165, 1.54) is 0 Å². The Morgan fingerprint density at radius 1 is 1.63 bits per heavy atom. The van der Waals surface area contributed by atoms with Crippen LogP contribution in [0.1, 0.15) is 18.0 Å². The summed E-state index contributed by atoms with van der Waals surface area (Å²) < 4.78 is 6.63. The second kappa shape index (κ2) is 5.90. The summed E-state index contributed by atoms with van der Waals surface area (Å²) in [5.41, 5.74) is 6.61. The molecule has 0 saturated carbocycles. The van der Waals surface area contributed by atoms with Crippen molar-refractivity contribution in [2.75, 3.05) is 20.1 Å². The molecule has 1 atom stereocenters. The Balaban J connectivity index is 2.02. The number of likely N-dealkylation sites (tertiary alicyclic amines) is 1. The van der Waals surface area contributed by atoms with Crippen LogP contribution in [0.5, 0.6) is 5.75 Å². The van der Waals surface area contributed by atoms with Crippen molar-refractivity contribution in [3.8, 4) is 5.75 Å². The molecule has 1 aromatic carbocycles. The largest absolute Gasteiger partial charge is 0.487 e. The predicted octanol–water partition coefficient (Wildman–Crippen LogP) is 1.62. The van der Waals surface area contributed by atoms with Gasteiger partial charge in [0.25, 0.3) is 0 Å². The molecule has 6 heteroatoms. The lowest BCUT2D eigenvalue weighted by molar-refractivity contribution is -0.137. The highest BCUT2D eigenvalue weighted by Crippen LogP contribution is 2.30. The third-order valence-corrected chi connectivity index (χ3v) is 3.72. The highest BCUT2D eigenvalue weighted by atomic mass is 79.9. The van der Waals surface area contributed by atoms with Gasteiger partial charge in [-0.25, -0.2) is 0 Å². The number of rotatable bonds is 5. The van der Waals surface area contributed by atoms with Gasteiger partial charge in [0.05, 0.1) is 10.9 Å². The number of carbonyl (C=O) groups is 1. The van der Waals surface area contributed by atoms with Crippen molar-refractivity contribution in [3.05, 3.63) is 28.2 Å². The van der Waals surface area contributed by atoms with E-state index in [9.17, 15) is 4.79 Å². The van der Waals surface area contributed by atoms with Gasteiger partial charge >= 0.3 is 5.97 Å². The molecule has 2 rings (SSSR count). The maximum absolute atomic E-state index is 10.6. The molecule has 0 aliphatic carbocycles. The minimum Gasteiger partial charge on any atom is -0.487 e. The van der Waals surface area contributed by atoms with Crippen LogP contribution in [0.25, 0.3) is 0 Å². The van der Waals surface area contributed by atoms with Crippen LogP contribution in [0.15, 0.2) is 22.7 Å². The molecule has 1 fully saturated rings. The molecular formula is C13H17BrN2O3. The molecule has 19 heavy (non-hydrogen) atoms. The number of halogens is 1. The van der Waals surface area contributed by atoms with E-state index in [4.69, 9.17) is 15.6 Å². The first-order chi connectivity index (χ1) is 8.95. The summed E-state index contributed by atoms with van der Waals surface area (Å²) >= 11 is 3.44. The number of nitrogens with zero attached hydrogens (tertiary/aromatic N) is 1. The first-order valence-corrected chi connectivity index (χ1v) is 6.87. The van der Waals surface area contributed by atoms with Gasteiger partial charge in [-0.3, -0.25) is 9.69 Å². The van der Waals surface area contributed by atoms with Crippen molar-refractivity contribution >= 4 is 21.9 Å². The summed E-state index contributed by atoms with van der Waals surface area (Å²) in [7, 11) is 2.04. The number of aliphatic carboxylic acids is 1. The summed E-state index contributed by atoms with van der Waals surface area (Å²) in [5, 5.41) is 8.73. The molecule has 5 nitrogen and oxygen atoms in total. The number of benzene rings is 1. The van der Waals surface area contributed by atoms with Gasteiger partial charge in [-0.15, -0.1) is 0 Å². The van der Waals surface area contributed by atoms with Gasteiger partial charge in [-0.05, 0) is 40.7 Å². The van der Waals surface area contributed by atoms with E-state index in [1.54, 1.807) is 0 Å². The van der Waals surface area contributed by atoms with Crippen LogP contribution in [0.3, 0.4) is 0 Å². The number of carboxylic acids is 1. The van der Waals surface area contributed by atoms with Crippen molar-refractivity contribution in [3.63, 3.8) is 0 Å². The molecule has 0 bridgehead atoms. The molecule has 104 valence electrons. The van der Waals surface area contributed by atoms with Crippen LogP contribution in [0.4, 0.5) is 0 Å². The Morgan fingerprint density at radius 2 is 2.32 bits per heavy atom. The average Bonchev–Trinajstić information content (AvgIpc) is 2.28. The quantitative estimate of drug-likeness (QED) is 0.858. The van der Waals surface area contributed by atoms with E-state index in [2.05, 4.69) is 20.8 Å². The second-order valence-electron chi connectivity index (χ2n) is 4.86. The second-order valence-corrected chi connectivity index (χ2v) is 5.71. The van der Waals surface area contributed by atoms with E-state index in [-0.39, 0.29) is 12.5 Å². The van der Waals surface area contributed by atoms with Crippen molar-refractivity contribution in [2.24, 2.45) is 5.73 Å². The number of likely N-dealkylation sites (N-methyl/N-ethyl adjacent to an activating group) is 1. The third-order valence-electron chi connectivity index (χ3n) is 3.10. The summed E-state index contributed by atoms with van der Waals surface area (Å²) in [5.74, 6) is -0.133. The molecule has 0 amide bonds. The molecular weight excluding hydrogens is 312 g/mol. The molecule has 1 aromatic rings. The fourth-order valence-corrected chi connectivity index (χ4v) is 2.54. The Kier molecular flexibility index (Phi) is 4.44. The average molecular weight is 329 g/mol. The lowest BCUT2D eigenvalue weighted by Crippen LogP contribution is -2.51. The third kappa shape index (κ3) is 3.68. The molecule has 0 aromatic heterocycles. The van der Waals surface area contributed by atoms with E-state index in [0.717, 1.165) is 28.9 Å². The fraction of sp³-hybridized carbons (Fsp3) is 0.462. The van der Waals surface area contributed by atoms with Gasteiger partial charge in [0.2, 0.25) is 0 Å². The summed E-state index contributed by atoms with van der Waals surface area (Å²) in [6.45, 7) is 1.85. The lowest BCUT2D eigenvalue weighted by atomic mass is 10.0. The van der Waals surface area contributed by atoms with E-state index < -0.39 is 12.0 Å². The highest BCUT2D eigenvalue weighted by Gasteiger charge is 2.25. The summed E-state index contributed by atoms with van der Waals surface area (Å²) in [4.78, 5) is 12.8. The predicted molar refractivity (Wildman–Crippen MR) is 75.2 cm³/mol.